The van der Waals surface area contributed by atoms with Gasteiger partial charge in [-0.05, 0) is 60.8 Å². The van der Waals surface area contributed by atoms with Crippen LogP contribution in [0.1, 0.15) is 117 Å². The van der Waals surface area contributed by atoms with E-state index >= 15 is 0 Å². The van der Waals surface area contributed by atoms with Crippen molar-refractivity contribution in [1.82, 2.24) is 88.5 Å². The zero-order valence-corrected chi connectivity index (χ0v) is 61.9. The van der Waals surface area contributed by atoms with Crippen LogP contribution < -0.4 is 58.5 Å². The highest BCUT2D eigenvalue weighted by Crippen LogP contribution is 2.13. The molecule has 2 aromatic rings. The summed E-state index contributed by atoms with van der Waals surface area (Å²) in [6, 6.07) is -13.8. The first-order valence-electron chi connectivity index (χ1n) is 32.7. The van der Waals surface area contributed by atoms with Gasteiger partial charge < -0.3 is 106 Å². The molecule has 0 saturated heterocycles. The Morgan fingerprint density at radius 3 is 1.04 bits per heavy atom. The fraction of sp³-hybridized carbons (Fsp3) is 0.629. The fourth-order valence-corrected chi connectivity index (χ4v) is 8.88. The zero-order chi connectivity index (χ0) is 81.6. The molecule has 0 aliphatic carbocycles. The second-order valence-corrected chi connectivity index (χ2v) is 24.9. The van der Waals surface area contributed by atoms with Crippen LogP contribution in [0.25, 0.3) is 0 Å². The SMILES string of the molecule is COC(=O)C[C@H](NC(=O)C[C@H](NC(=O)Cn1cc(CNC(=O)C[C@H](NC(=O)[C@H](CCCCNC(=O)OC(C)(C)C)NC(=O)OC(C)(C)C)C(=O)NCc2cn(CC(=O)N[C@@H](CC(=O)N[C@@H](CC(=O)OC)C(=O)OC)C(=O)N[C@@H](CC(=O)OC)C(=O)OC)nn2)nn1)C(=O)N[C@@H](CC(=O)OC)C(=O)OC)C(=O)OC. The molecule has 46 heteroatoms. The Labute approximate surface area is 616 Å². The Balaban J connectivity index is 2.53. The maximum Gasteiger partial charge on any atom is 0.408 e. The van der Waals surface area contributed by atoms with Crippen LogP contribution in [0.15, 0.2) is 12.4 Å². The molecule has 2 aromatic heterocycles. The van der Waals surface area contributed by atoms with E-state index in [-0.39, 0.29) is 37.2 Å². The fourth-order valence-electron chi connectivity index (χ4n) is 8.88. The molecule has 0 unspecified atom stereocenters. The summed E-state index contributed by atoms with van der Waals surface area (Å²) in [7, 11) is 7.79. The Morgan fingerprint density at radius 2 is 0.667 bits per heavy atom. The minimum absolute atomic E-state index is 0.0500. The van der Waals surface area contributed by atoms with Gasteiger partial charge in [0, 0.05) is 6.54 Å². The minimum Gasteiger partial charge on any atom is -0.469 e. The molecule has 8 atom stereocenters. The average Bonchev–Trinajstić information content (AvgIpc) is 1.32. The van der Waals surface area contributed by atoms with Crippen LogP contribution in [0.3, 0.4) is 0 Å². The van der Waals surface area contributed by atoms with Crippen molar-refractivity contribution in [3.63, 3.8) is 0 Å². The number of ether oxygens (including phenoxy) is 10. The van der Waals surface area contributed by atoms with E-state index in [1.54, 1.807) is 41.5 Å². The summed E-state index contributed by atoms with van der Waals surface area (Å²) in [5.74, 6) is -18.2. The number of carbonyl (C=O) groups is 19. The van der Waals surface area contributed by atoms with Crippen LogP contribution in [0.5, 0.6) is 0 Å². The van der Waals surface area contributed by atoms with E-state index in [4.69, 9.17) is 9.47 Å². The van der Waals surface area contributed by atoms with Crippen molar-refractivity contribution in [1.29, 1.82) is 0 Å². The molecule has 2 heterocycles. The Morgan fingerprint density at radius 1 is 0.343 bits per heavy atom. The van der Waals surface area contributed by atoms with Gasteiger partial charge in [-0.3, -0.25) is 62.3 Å². The number of amides is 11. The maximum atomic E-state index is 14.3. The predicted molar refractivity (Wildman–Crippen MR) is 357 cm³/mol. The minimum atomic E-state index is -1.91. The lowest BCUT2D eigenvalue weighted by atomic mass is 10.1. The van der Waals surface area contributed by atoms with Gasteiger partial charge >= 0.3 is 59.9 Å². The third-order valence-corrected chi connectivity index (χ3v) is 14.0. The van der Waals surface area contributed by atoms with Gasteiger partial charge in [0.25, 0.3) is 0 Å². The van der Waals surface area contributed by atoms with Crippen LogP contribution in [-0.4, -0.2) is 266 Å². The number of unbranched alkanes of at least 4 members (excludes halogenated alkanes) is 1. The Hall–Kier alpha value is -12.2. The van der Waals surface area contributed by atoms with Crippen molar-refractivity contribution < 1.29 is 138 Å². The lowest BCUT2D eigenvalue weighted by molar-refractivity contribution is -0.151. The molecule has 0 bridgehead atoms. The molecule has 600 valence electrons. The van der Waals surface area contributed by atoms with Gasteiger partial charge in [0.2, 0.25) is 53.2 Å². The molecule has 108 heavy (non-hydrogen) atoms. The predicted octanol–water partition coefficient (Wildman–Crippen LogP) is -6.10. The number of hydrogen-bond donors (Lipinski definition) is 11. The van der Waals surface area contributed by atoms with E-state index in [0.717, 1.165) is 78.6 Å². The Bertz CT molecular complexity index is 3530. The molecule has 0 radical (unpaired) electrons. The number of alkyl carbamates (subject to hydrolysis) is 2. The second-order valence-electron chi connectivity index (χ2n) is 24.9. The molecule has 11 amide bonds. The van der Waals surface area contributed by atoms with Crippen molar-refractivity contribution in [2.75, 3.05) is 63.4 Å². The van der Waals surface area contributed by atoms with E-state index < -0.39 is 244 Å². The van der Waals surface area contributed by atoms with Crippen molar-refractivity contribution in [3.05, 3.63) is 23.8 Å². The van der Waals surface area contributed by atoms with Crippen molar-refractivity contribution >= 4 is 113 Å². The molecule has 0 aliphatic rings. The van der Waals surface area contributed by atoms with Gasteiger partial charge in [-0.15, -0.1) is 10.2 Å². The van der Waals surface area contributed by atoms with E-state index in [1.807, 2.05) is 0 Å². The summed E-state index contributed by atoms with van der Waals surface area (Å²) < 4.78 is 49.4. The largest absolute Gasteiger partial charge is 0.469 e. The van der Waals surface area contributed by atoms with Crippen LogP contribution in [0, 0.1) is 0 Å². The van der Waals surface area contributed by atoms with E-state index in [9.17, 15) is 91.1 Å². The molecule has 0 saturated carbocycles. The molecular formula is C62H93N17O29. The summed E-state index contributed by atoms with van der Waals surface area (Å²) in [6.07, 6.45) is -5.03. The first-order chi connectivity index (χ1) is 50.7. The van der Waals surface area contributed by atoms with Crippen LogP contribution in [0.2, 0.25) is 0 Å². The summed E-state index contributed by atoms with van der Waals surface area (Å²) in [5, 5.41) is 41.3. The van der Waals surface area contributed by atoms with E-state index in [0.29, 0.717) is 0 Å². The number of methoxy groups -OCH3 is 8. The summed E-state index contributed by atoms with van der Waals surface area (Å²) >= 11 is 0. The van der Waals surface area contributed by atoms with Gasteiger partial charge in [0.15, 0.2) is 0 Å². The van der Waals surface area contributed by atoms with Crippen molar-refractivity contribution in [2.45, 2.75) is 191 Å². The number of hydrogen-bond acceptors (Lipinski definition) is 33. The topological polar surface area (TPSA) is 610 Å². The van der Waals surface area contributed by atoms with Gasteiger partial charge in [0.1, 0.15) is 84.0 Å². The standard InChI is InChI=1S/C62H93N17O29/c1-61(2,3)107-59(97)63-18-16-15-17-34(73-60(98)108-62(4,5)6)52(90)70-35(51(89)65-27-33-29-79(77-75-33)31-46(84)67-37(54(92)72-41(58(96)106-14)25-50(88)102-10)21-44(82)69-39(56(94)104-12)23-48(86)100-8)19-42(80)64-26-32-28-78(76-74-32)30-45(83)66-36(53(91)71-40(57(95)105-13)24-49(87)101-9)20-43(81)68-38(55(93)103-11)22-47(85)99-7/h28-29,34-41H,15-27,30-31H2,1-14H3,(H,63,97)(H,64,80)(H,65,89)(H,66,83)(H,67,84)(H,68,81)(H,69,82)(H,70,90)(H,71,91)(H,72,92)(H,73,98)/t34-,35-,36-,37-,38-,39-,40-,41-/m0/s1. The number of esters is 8. The molecule has 0 aliphatic heterocycles. The van der Waals surface area contributed by atoms with Crippen molar-refractivity contribution in [2.24, 2.45) is 0 Å². The maximum absolute atomic E-state index is 14.3. The number of nitrogens with one attached hydrogen (secondary N) is 11. The first kappa shape index (κ1) is 91.9. The molecule has 0 spiro atoms. The normalized spacial score (nSPS) is 13.1. The third-order valence-electron chi connectivity index (χ3n) is 14.0. The molecule has 0 aromatic carbocycles. The summed E-state index contributed by atoms with van der Waals surface area (Å²) in [5.41, 5.74) is -2.02. The lowest BCUT2D eigenvalue weighted by Crippen LogP contribution is -2.55. The van der Waals surface area contributed by atoms with Crippen molar-refractivity contribution in [3.8, 4) is 0 Å². The lowest BCUT2D eigenvalue weighted by Gasteiger charge is -2.25. The summed E-state index contributed by atoms with van der Waals surface area (Å²) in [4.78, 5) is 248. The molecule has 0 fully saturated rings. The molecule has 2 rings (SSSR count). The van der Waals surface area contributed by atoms with Gasteiger partial charge in [-0.2, -0.15) is 0 Å². The quantitative estimate of drug-likeness (QED) is 0.0167. The highest BCUT2D eigenvalue weighted by atomic mass is 16.6. The van der Waals surface area contributed by atoms with E-state index in [2.05, 4.69) is 117 Å². The highest BCUT2D eigenvalue weighted by molar-refractivity contribution is 5.98. The third kappa shape index (κ3) is 36.0. The van der Waals surface area contributed by atoms with Crippen LogP contribution >= 0.6 is 0 Å². The van der Waals surface area contributed by atoms with Crippen LogP contribution in [-0.2, 0) is 155 Å². The second kappa shape index (κ2) is 45.9. The molecule has 46 nitrogen and oxygen atoms in total. The van der Waals surface area contributed by atoms with E-state index in [1.165, 1.54) is 0 Å². The van der Waals surface area contributed by atoms with Gasteiger partial charge in [-0.25, -0.2) is 38.1 Å². The monoisotopic (exact) mass is 1540 g/mol. The summed E-state index contributed by atoms with van der Waals surface area (Å²) in [6.45, 7) is 7.12. The van der Waals surface area contributed by atoms with Gasteiger partial charge in [-0.1, -0.05) is 10.4 Å². The zero-order valence-electron chi connectivity index (χ0n) is 61.9. The Kier molecular flexibility index (Phi) is 39.1. The average molecular weight is 1540 g/mol. The number of carbonyl (C=O) groups excluding carboxylic acids is 19. The number of rotatable bonds is 43. The molecule has 11 N–H and O–H groups in total. The van der Waals surface area contributed by atoms with Gasteiger partial charge in [0.05, 0.1) is 127 Å². The number of nitrogens with zero attached hydrogens (tertiary/aromatic N) is 6. The smallest absolute Gasteiger partial charge is 0.408 e. The highest BCUT2D eigenvalue weighted by Gasteiger charge is 2.37. The molecular weight excluding hydrogens is 1450 g/mol. The van der Waals surface area contributed by atoms with Crippen LogP contribution in [0.4, 0.5) is 9.59 Å². The number of aromatic nitrogens is 6. The first-order valence-corrected chi connectivity index (χ1v) is 32.7.